The van der Waals surface area contributed by atoms with E-state index in [0.29, 0.717) is 0 Å². The van der Waals surface area contributed by atoms with Crippen LogP contribution >= 0.6 is 0 Å². The van der Waals surface area contributed by atoms with Crippen molar-refractivity contribution >= 4 is 0 Å². The predicted octanol–water partition coefficient (Wildman–Crippen LogP) is 3.71. The second-order valence-electron chi connectivity index (χ2n) is 2.87. The van der Waals surface area contributed by atoms with Gasteiger partial charge in [0.1, 0.15) is 0 Å². The first-order chi connectivity index (χ1) is 6.35. The molecule has 0 aromatic heterocycles. The summed E-state index contributed by atoms with van der Waals surface area (Å²) in [6, 6.07) is 0. The van der Waals surface area contributed by atoms with Crippen molar-refractivity contribution in [2.24, 2.45) is 0 Å². The van der Waals surface area contributed by atoms with Gasteiger partial charge in [0, 0.05) is 0 Å². The Bertz CT molecular complexity index is 89.1. The second kappa shape index (κ2) is 14.2. The minimum absolute atomic E-state index is 1.15. The molecule has 0 amide bonds. The van der Waals surface area contributed by atoms with Crippen LogP contribution < -0.4 is 0 Å². The van der Waals surface area contributed by atoms with Crippen molar-refractivity contribution in [1.29, 1.82) is 0 Å². The lowest BCUT2D eigenvalue weighted by Gasteiger charge is -2.18. The molecule has 0 saturated heterocycles. The van der Waals surface area contributed by atoms with Crippen LogP contribution in [0.2, 0.25) is 0 Å². The van der Waals surface area contributed by atoms with Crippen molar-refractivity contribution in [1.82, 2.24) is 4.90 Å². The molecule has 13 heavy (non-hydrogen) atoms. The highest BCUT2D eigenvalue weighted by Crippen LogP contribution is 1.96. The lowest BCUT2D eigenvalue weighted by Crippen LogP contribution is -2.25. The van der Waals surface area contributed by atoms with Crippen LogP contribution in [0.3, 0.4) is 0 Å². The van der Waals surface area contributed by atoms with Crippen LogP contribution in [-0.4, -0.2) is 24.5 Å². The monoisotopic (exact) mass is 185 g/mol. The second-order valence-corrected chi connectivity index (χ2v) is 2.87. The van der Waals surface area contributed by atoms with E-state index in [2.05, 4.69) is 25.3 Å². The van der Waals surface area contributed by atoms with Crippen molar-refractivity contribution < 1.29 is 0 Å². The average molecular weight is 185 g/mol. The van der Waals surface area contributed by atoms with Gasteiger partial charge in [0.2, 0.25) is 0 Å². The van der Waals surface area contributed by atoms with E-state index < -0.39 is 0 Å². The van der Waals surface area contributed by atoms with Crippen LogP contribution in [0.5, 0.6) is 0 Å². The van der Waals surface area contributed by atoms with Crippen molar-refractivity contribution in [2.75, 3.05) is 19.6 Å². The Kier molecular flexibility index (Phi) is 16.6. The van der Waals surface area contributed by atoms with E-state index in [1.165, 1.54) is 32.5 Å². The third-order valence-electron chi connectivity index (χ3n) is 1.87. The van der Waals surface area contributed by atoms with E-state index in [1.54, 1.807) is 0 Å². The van der Waals surface area contributed by atoms with Gasteiger partial charge in [0.05, 0.1) is 0 Å². The minimum atomic E-state index is 1.15. The lowest BCUT2D eigenvalue weighted by atomic mass is 10.3. The summed E-state index contributed by atoms with van der Waals surface area (Å²) in [4.78, 5) is 2.49. The molecule has 0 aliphatic carbocycles. The topological polar surface area (TPSA) is 3.24 Å². The molecule has 0 aliphatic rings. The van der Waals surface area contributed by atoms with E-state index in [-0.39, 0.29) is 0 Å². The van der Waals surface area contributed by atoms with Crippen molar-refractivity contribution in [3.8, 4) is 0 Å². The largest absolute Gasteiger partial charge is 0.304 e. The Morgan fingerprint density at radius 1 is 1.15 bits per heavy atom. The SMILES string of the molecule is C=CCCCN(CC)CCC.CC. The molecule has 0 bridgehead atoms. The van der Waals surface area contributed by atoms with Gasteiger partial charge in [-0.1, -0.05) is 33.8 Å². The molecule has 0 fully saturated rings. The maximum Gasteiger partial charge on any atom is -0.00159 e. The fourth-order valence-electron chi connectivity index (χ4n) is 1.20. The van der Waals surface area contributed by atoms with Crippen LogP contribution in [0.15, 0.2) is 12.7 Å². The number of allylic oxidation sites excluding steroid dienone is 1. The average Bonchev–Trinajstić information content (AvgIpc) is 2.20. The van der Waals surface area contributed by atoms with E-state index in [4.69, 9.17) is 0 Å². The van der Waals surface area contributed by atoms with Gasteiger partial charge in [0.25, 0.3) is 0 Å². The Morgan fingerprint density at radius 2 is 1.77 bits per heavy atom. The zero-order chi connectivity index (χ0) is 10.5. The van der Waals surface area contributed by atoms with Gasteiger partial charge in [0.15, 0.2) is 0 Å². The zero-order valence-corrected chi connectivity index (χ0v) is 9.97. The quantitative estimate of drug-likeness (QED) is 0.432. The molecule has 1 heteroatoms. The molecule has 0 rings (SSSR count). The maximum atomic E-state index is 3.71. The van der Waals surface area contributed by atoms with Crippen LogP contribution in [0.1, 0.15) is 47.0 Å². The Balaban J connectivity index is 0. The van der Waals surface area contributed by atoms with Crippen molar-refractivity contribution in [3.63, 3.8) is 0 Å². The summed E-state index contributed by atoms with van der Waals surface area (Å²) >= 11 is 0. The molecular formula is C12H27N. The van der Waals surface area contributed by atoms with Crippen LogP contribution in [0.4, 0.5) is 0 Å². The number of rotatable bonds is 7. The van der Waals surface area contributed by atoms with Gasteiger partial charge in [-0.25, -0.2) is 0 Å². The third-order valence-corrected chi connectivity index (χ3v) is 1.87. The first kappa shape index (κ1) is 15.2. The summed E-state index contributed by atoms with van der Waals surface area (Å²) in [6.45, 7) is 15.8. The summed E-state index contributed by atoms with van der Waals surface area (Å²) in [5.74, 6) is 0. The zero-order valence-electron chi connectivity index (χ0n) is 9.97. The van der Waals surface area contributed by atoms with Gasteiger partial charge in [-0.15, -0.1) is 6.58 Å². The van der Waals surface area contributed by atoms with Gasteiger partial charge < -0.3 is 4.90 Å². The molecule has 0 unspecified atom stereocenters. The Morgan fingerprint density at radius 3 is 2.15 bits per heavy atom. The van der Waals surface area contributed by atoms with Crippen LogP contribution in [0, 0.1) is 0 Å². The molecule has 0 N–H and O–H groups in total. The van der Waals surface area contributed by atoms with E-state index in [0.717, 1.165) is 6.42 Å². The summed E-state index contributed by atoms with van der Waals surface area (Å²) in [7, 11) is 0. The molecule has 0 saturated carbocycles. The van der Waals surface area contributed by atoms with E-state index >= 15 is 0 Å². The molecule has 80 valence electrons. The number of nitrogens with zero attached hydrogens (tertiary/aromatic N) is 1. The molecule has 0 aromatic rings. The fourth-order valence-corrected chi connectivity index (χ4v) is 1.20. The highest BCUT2D eigenvalue weighted by Gasteiger charge is 1.97. The van der Waals surface area contributed by atoms with Crippen molar-refractivity contribution in [2.45, 2.75) is 47.0 Å². The molecule has 0 heterocycles. The maximum absolute atomic E-state index is 3.71. The molecule has 0 radical (unpaired) electrons. The molecule has 0 spiro atoms. The summed E-state index contributed by atoms with van der Waals surface area (Å²) in [5, 5.41) is 0. The van der Waals surface area contributed by atoms with E-state index in [1.807, 2.05) is 19.9 Å². The fraction of sp³-hybridized carbons (Fsp3) is 0.833. The van der Waals surface area contributed by atoms with Gasteiger partial charge in [-0.05, 0) is 38.9 Å². The minimum Gasteiger partial charge on any atom is -0.304 e. The third kappa shape index (κ3) is 11.7. The van der Waals surface area contributed by atoms with Crippen LogP contribution in [0.25, 0.3) is 0 Å². The highest BCUT2D eigenvalue weighted by molar-refractivity contribution is 4.67. The standard InChI is InChI=1S/C10H21N.C2H6/c1-4-7-8-10-11(6-3)9-5-2;1-2/h4H,1,5-10H2,2-3H3;1-2H3. The van der Waals surface area contributed by atoms with Gasteiger partial charge in [-0.2, -0.15) is 0 Å². The first-order valence-electron chi connectivity index (χ1n) is 5.68. The summed E-state index contributed by atoms with van der Waals surface area (Å²) in [6.07, 6.45) is 5.68. The molecule has 0 atom stereocenters. The number of unbranched alkanes of at least 4 members (excludes halogenated alkanes) is 1. The smallest absolute Gasteiger partial charge is 0.00159 e. The van der Waals surface area contributed by atoms with Crippen LogP contribution in [-0.2, 0) is 0 Å². The van der Waals surface area contributed by atoms with Crippen molar-refractivity contribution in [3.05, 3.63) is 12.7 Å². The summed E-state index contributed by atoms with van der Waals surface area (Å²) in [5.41, 5.74) is 0. The predicted molar refractivity (Wildman–Crippen MR) is 63.2 cm³/mol. The van der Waals surface area contributed by atoms with Gasteiger partial charge in [-0.3, -0.25) is 0 Å². The molecular weight excluding hydrogens is 158 g/mol. The van der Waals surface area contributed by atoms with E-state index in [9.17, 15) is 0 Å². The Hall–Kier alpha value is -0.300. The molecule has 1 nitrogen and oxygen atoms in total. The van der Waals surface area contributed by atoms with Gasteiger partial charge >= 0.3 is 0 Å². The first-order valence-corrected chi connectivity index (χ1v) is 5.68. The normalized spacial score (nSPS) is 9.31. The highest BCUT2D eigenvalue weighted by atomic mass is 15.1. The summed E-state index contributed by atoms with van der Waals surface area (Å²) < 4.78 is 0. The molecule has 0 aliphatic heterocycles. The molecule has 0 aromatic carbocycles. The lowest BCUT2D eigenvalue weighted by molar-refractivity contribution is 0.286. The Labute approximate surface area is 84.8 Å². The number of hydrogen-bond acceptors (Lipinski definition) is 1. The number of hydrogen-bond donors (Lipinski definition) is 0.